The van der Waals surface area contributed by atoms with Gasteiger partial charge in [0.25, 0.3) is 0 Å². The minimum atomic E-state index is -1.39. The van der Waals surface area contributed by atoms with Gasteiger partial charge < -0.3 is 25.2 Å². The molecule has 1 heterocycles. The maximum absolute atomic E-state index is 10.7. The number of aliphatic hydroxyl groups is 4. The Balaban J connectivity index is 1.47. The lowest BCUT2D eigenvalue weighted by atomic mass is 9.86. The summed E-state index contributed by atoms with van der Waals surface area (Å²) in [4.78, 5) is 0. The van der Waals surface area contributed by atoms with E-state index in [2.05, 4.69) is 24.3 Å². The van der Waals surface area contributed by atoms with E-state index < -0.39 is 37.1 Å². The minimum Gasteiger partial charge on any atom is -0.394 e. The number of hydrogen-bond acceptors (Lipinski definition) is 5. The number of aliphatic hydroxyl groups excluding tert-OH is 4. The molecule has 0 aromatic heterocycles. The van der Waals surface area contributed by atoms with Crippen LogP contribution in [0.1, 0.15) is 71.4 Å². The second kappa shape index (κ2) is 8.47. The first-order valence-electron chi connectivity index (χ1n) is 11.2. The molecule has 0 amide bonds. The highest BCUT2D eigenvalue weighted by Crippen LogP contribution is 2.47. The summed E-state index contributed by atoms with van der Waals surface area (Å²) in [6.07, 6.45) is -0.516. The molecule has 166 valence electrons. The third-order valence-electron chi connectivity index (χ3n) is 6.89. The molecule has 2 saturated carbocycles. The van der Waals surface area contributed by atoms with Gasteiger partial charge in [-0.2, -0.15) is 0 Å². The Morgan fingerprint density at radius 3 is 2.13 bits per heavy atom. The largest absolute Gasteiger partial charge is 0.394 e. The normalized spacial score (nSPS) is 31.1. The van der Waals surface area contributed by atoms with E-state index in [0.29, 0.717) is 23.3 Å². The van der Waals surface area contributed by atoms with Gasteiger partial charge in [0.05, 0.1) is 6.61 Å². The molecule has 6 heteroatoms. The predicted molar refractivity (Wildman–Crippen MR) is 117 cm³/mol. The maximum atomic E-state index is 10.7. The molecule has 2 aromatic rings. The lowest BCUT2D eigenvalue weighted by Crippen LogP contribution is -2.55. The van der Waals surface area contributed by atoms with Crippen LogP contribution in [0, 0.1) is 0 Å². The summed E-state index contributed by atoms with van der Waals surface area (Å²) in [5, 5.41) is 41.4. The van der Waals surface area contributed by atoms with Crippen LogP contribution in [0.5, 0.6) is 0 Å². The molecule has 1 unspecified atom stereocenters. The second-order valence-electron chi connectivity index (χ2n) is 9.29. The Kier molecular flexibility index (Phi) is 5.84. The van der Waals surface area contributed by atoms with Gasteiger partial charge in [-0.3, -0.25) is 0 Å². The van der Waals surface area contributed by atoms with Crippen molar-refractivity contribution in [2.45, 2.75) is 74.5 Å². The molecule has 31 heavy (non-hydrogen) atoms. The van der Waals surface area contributed by atoms with Crippen LogP contribution < -0.4 is 0 Å². The quantitative estimate of drug-likeness (QED) is 0.549. The molecule has 1 aliphatic heterocycles. The summed E-state index contributed by atoms with van der Waals surface area (Å²) in [6, 6.07) is 12.6. The van der Waals surface area contributed by atoms with Crippen LogP contribution >= 0.6 is 11.6 Å². The summed E-state index contributed by atoms with van der Waals surface area (Å²) in [5.74, 6) is 1.07. The molecule has 5 nitrogen and oxygen atoms in total. The lowest BCUT2D eigenvalue weighted by molar-refractivity contribution is -0.231. The van der Waals surface area contributed by atoms with E-state index in [4.69, 9.17) is 16.3 Å². The van der Waals surface area contributed by atoms with Crippen molar-refractivity contribution in [2.75, 3.05) is 6.61 Å². The molecule has 0 spiro atoms. The number of benzene rings is 2. The van der Waals surface area contributed by atoms with Crippen molar-refractivity contribution in [3.8, 4) is 0 Å². The first-order valence-corrected chi connectivity index (χ1v) is 11.6. The number of halogens is 1. The number of rotatable bonds is 6. The van der Waals surface area contributed by atoms with Gasteiger partial charge >= 0.3 is 0 Å². The Hall–Kier alpha value is -1.47. The SMILES string of the molecule is OC[C@H]1O[C@@H](c2cc(Cc3ccc(C4CC4)cc3)c(Cl)cc2C2CC2)[C@H](O)C(O)[C@@H]1O. The summed E-state index contributed by atoms with van der Waals surface area (Å²) in [6.45, 7) is -0.437. The van der Waals surface area contributed by atoms with E-state index in [9.17, 15) is 20.4 Å². The standard InChI is InChI=1S/C25H29ClO5/c26-20-11-18(16-7-8-16)19(25-24(30)23(29)22(28)21(12-27)31-25)10-17(20)9-13-1-3-14(4-2-13)15-5-6-15/h1-4,10-11,15-16,21-25,27-30H,5-9,12H2/t21-,22-,23?,24-,25+/m1/s1. The van der Waals surface area contributed by atoms with Crippen LogP contribution in [0.3, 0.4) is 0 Å². The van der Waals surface area contributed by atoms with Crippen molar-refractivity contribution in [1.82, 2.24) is 0 Å². The molecule has 0 radical (unpaired) electrons. The summed E-state index contributed by atoms with van der Waals surface area (Å²) in [7, 11) is 0. The highest BCUT2D eigenvalue weighted by atomic mass is 35.5. The van der Waals surface area contributed by atoms with Gasteiger partial charge in [-0.05, 0) is 77.8 Å². The van der Waals surface area contributed by atoms with E-state index in [1.165, 1.54) is 18.4 Å². The molecule has 2 aliphatic carbocycles. The van der Waals surface area contributed by atoms with Crippen LogP contribution in [0.4, 0.5) is 0 Å². The molecular weight excluding hydrogens is 416 g/mol. The van der Waals surface area contributed by atoms with Gasteiger partial charge in [-0.15, -0.1) is 0 Å². The van der Waals surface area contributed by atoms with Crippen molar-refractivity contribution in [1.29, 1.82) is 0 Å². The van der Waals surface area contributed by atoms with Crippen LogP contribution in [-0.4, -0.2) is 51.4 Å². The molecule has 4 N–H and O–H groups in total. The fourth-order valence-electron chi connectivity index (χ4n) is 4.69. The third-order valence-corrected chi connectivity index (χ3v) is 7.24. The fourth-order valence-corrected chi connectivity index (χ4v) is 4.92. The summed E-state index contributed by atoms with van der Waals surface area (Å²) >= 11 is 6.67. The van der Waals surface area contributed by atoms with E-state index in [1.807, 2.05) is 12.1 Å². The van der Waals surface area contributed by atoms with Crippen molar-refractivity contribution in [3.63, 3.8) is 0 Å². The summed E-state index contributed by atoms with van der Waals surface area (Å²) < 4.78 is 5.88. The van der Waals surface area contributed by atoms with Gasteiger partial charge in [0.1, 0.15) is 30.5 Å². The first kappa shape index (κ1) is 21.4. The highest BCUT2D eigenvalue weighted by Gasteiger charge is 2.45. The average Bonchev–Trinajstić information content (AvgIpc) is 3.67. The van der Waals surface area contributed by atoms with E-state index in [1.54, 1.807) is 0 Å². The highest BCUT2D eigenvalue weighted by molar-refractivity contribution is 6.31. The van der Waals surface area contributed by atoms with Crippen LogP contribution in [-0.2, 0) is 11.2 Å². The first-order chi connectivity index (χ1) is 15.0. The van der Waals surface area contributed by atoms with Crippen molar-refractivity contribution >= 4 is 11.6 Å². The number of ether oxygens (including phenoxy) is 1. The van der Waals surface area contributed by atoms with Crippen molar-refractivity contribution < 1.29 is 25.2 Å². The second-order valence-corrected chi connectivity index (χ2v) is 9.70. The van der Waals surface area contributed by atoms with Gasteiger partial charge in [0.2, 0.25) is 0 Å². The topological polar surface area (TPSA) is 90.2 Å². The molecule has 5 rings (SSSR count). The van der Waals surface area contributed by atoms with Crippen LogP contribution in [0.15, 0.2) is 36.4 Å². The zero-order valence-corrected chi connectivity index (χ0v) is 18.1. The zero-order valence-electron chi connectivity index (χ0n) is 17.3. The maximum Gasteiger partial charge on any atom is 0.113 e. The van der Waals surface area contributed by atoms with E-state index in [0.717, 1.165) is 35.1 Å². The Labute approximate surface area is 187 Å². The minimum absolute atomic E-state index is 0.353. The predicted octanol–water partition coefficient (Wildman–Crippen LogP) is 3.20. The van der Waals surface area contributed by atoms with Crippen molar-refractivity contribution in [2.24, 2.45) is 0 Å². The van der Waals surface area contributed by atoms with Gasteiger partial charge in [0, 0.05) is 5.02 Å². The molecule has 1 saturated heterocycles. The molecular formula is C25H29ClO5. The molecule has 5 atom stereocenters. The Morgan fingerprint density at radius 1 is 0.839 bits per heavy atom. The molecule has 3 fully saturated rings. The fraction of sp³-hybridized carbons (Fsp3) is 0.520. The van der Waals surface area contributed by atoms with Gasteiger partial charge in [-0.1, -0.05) is 41.9 Å². The number of hydrogen-bond donors (Lipinski definition) is 4. The Morgan fingerprint density at radius 2 is 1.52 bits per heavy atom. The lowest BCUT2D eigenvalue weighted by Gasteiger charge is -2.41. The third kappa shape index (κ3) is 4.28. The van der Waals surface area contributed by atoms with E-state index >= 15 is 0 Å². The summed E-state index contributed by atoms with van der Waals surface area (Å²) in [5.41, 5.74) is 5.28. The van der Waals surface area contributed by atoms with Gasteiger partial charge in [0.15, 0.2) is 0 Å². The molecule has 3 aliphatic rings. The average molecular weight is 445 g/mol. The molecule has 2 aromatic carbocycles. The van der Waals surface area contributed by atoms with Gasteiger partial charge in [-0.25, -0.2) is 0 Å². The monoisotopic (exact) mass is 444 g/mol. The van der Waals surface area contributed by atoms with E-state index in [-0.39, 0.29) is 0 Å². The smallest absolute Gasteiger partial charge is 0.113 e. The van der Waals surface area contributed by atoms with Crippen molar-refractivity contribution in [3.05, 3.63) is 69.2 Å². The zero-order chi connectivity index (χ0) is 21.7. The molecule has 0 bridgehead atoms. The Bertz CT molecular complexity index is 936. The van der Waals surface area contributed by atoms with Crippen LogP contribution in [0.25, 0.3) is 0 Å². The van der Waals surface area contributed by atoms with Crippen LogP contribution in [0.2, 0.25) is 5.02 Å².